The van der Waals surface area contributed by atoms with E-state index in [1.54, 1.807) is 7.11 Å². The van der Waals surface area contributed by atoms with Gasteiger partial charge in [-0.25, -0.2) is 9.97 Å². The maximum atomic E-state index is 13.6. The predicted octanol–water partition coefficient (Wildman–Crippen LogP) is 8.11. The Balaban J connectivity index is 1.47. The average molecular weight is 508 g/mol. The Bertz CT molecular complexity index is 1560. The molecule has 37 heavy (non-hydrogen) atoms. The van der Waals surface area contributed by atoms with Crippen LogP contribution in [0.3, 0.4) is 0 Å². The van der Waals surface area contributed by atoms with Crippen LogP contribution < -0.4 is 10.1 Å². The summed E-state index contributed by atoms with van der Waals surface area (Å²) in [6.07, 6.45) is 1.11. The van der Waals surface area contributed by atoms with Gasteiger partial charge >= 0.3 is 0 Å². The van der Waals surface area contributed by atoms with Crippen molar-refractivity contribution in [2.75, 3.05) is 12.4 Å². The third kappa shape index (κ3) is 4.98. The van der Waals surface area contributed by atoms with Crippen LogP contribution in [0.25, 0.3) is 33.4 Å². The lowest BCUT2D eigenvalue weighted by molar-refractivity contribution is 0.102. The zero-order valence-corrected chi connectivity index (χ0v) is 22.2. The number of rotatable bonds is 7. The fraction of sp³-hybridized carbons (Fsp3) is 0.194. The van der Waals surface area contributed by atoms with E-state index in [1.165, 1.54) is 16.9 Å². The summed E-state index contributed by atoms with van der Waals surface area (Å²) in [6.45, 7) is 6.37. The van der Waals surface area contributed by atoms with Crippen LogP contribution in [0.2, 0.25) is 0 Å². The maximum absolute atomic E-state index is 13.6. The van der Waals surface area contributed by atoms with E-state index in [9.17, 15) is 4.79 Å². The number of aromatic nitrogens is 2. The summed E-state index contributed by atoms with van der Waals surface area (Å²) in [6, 6.07) is 24.0. The monoisotopic (exact) mass is 507 g/mol. The minimum absolute atomic E-state index is 0.195. The molecule has 0 saturated heterocycles. The van der Waals surface area contributed by atoms with Crippen molar-refractivity contribution >= 4 is 33.3 Å². The average Bonchev–Trinajstić information content (AvgIpc) is 3.40. The molecule has 0 radical (unpaired) electrons. The number of fused-ring (bicyclic) bond motifs is 1. The Labute approximate surface area is 221 Å². The van der Waals surface area contributed by atoms with E-state index in [0.29, 0.717) is 16.6 Å². The minimum Gasteiger partial charge on any atom is -0.497 e. The highest BCUT2D eigenvalue weighted by Gasteiger charge is 2.20. The van der Waals surface area contributed by atoms with E-state index in [0.717, 1.165) is 51.2 Å². The molecule has 0 bridgehead atoms. The van der Waals surface area contributed by atoms with Crippen LogP contribution in [0.15, 0.2) is 78.2 Å². The topological polar surface area (TPSA) is 64.1 Å². The summed E-state index contributed by atoms with van der Waals surface area (Å²) < 4.78 is 5.30. The van der Waals surface area contributed by atoms with Crippen LogP contribution in [-0.2, 0) is 0 Å². The smallest absolute Gasteiger partial charge is 0.258 e. The number of carbonyl (C=O) groups is 1. The first-order chi connectivity index (χ1) is 18.0. The number of benzene rings is 3. The van der Waals surface area contributed by atoms with E-state index in [1.807, 2.05) is 60.8 Å². The van der Waals surface area contributed by atoms with Gasteiger partial charge in [-0.3, -0.25) is 10.1 Å². The number of thiazole rings is 1. The van der Waals surface area contributed by atoms with Crippen LogP contribution in [0.5, 0.6) is 5.75 Å². The SMILES string of the molecule is CCC(C)c1ccc(-c2csc(NC(=O)c3c(C)c(-c4ccc(OC)cc4)nc4ccccc34)n2)cc1. The van der Waals surface area contributed by atoms with Crippen molar-refractivity contribution < 1.29 is 9.53 Å². The molecular formula is C31H29N3O2S. The van der Waals surface area contributed by atoms with Crippen molar-refractivity contribution in [3.8, 4) is 28.3 Å². The summed E-state index contributed by atoms with van der Waals surface area (Å²) in [5.74, 6) is 1.11. The molecule has 3 aromatic carbocycles. The van der Waals surface area contributed by atoms with E-state index in [4.69, 9.17) is 14.7 Å². The number of pyridine rings is 1. The van der Waals surface area contributed by atoms with Gasteiger partial charge in [-0.2, -0.15) is 0 Å². The molecule has 1 amide bonds. The fourth-order valence-electron chi connectivity index (χ4n) is 4.47. The van der Waals surface area contributed by atoms with Gasteiger partial charge in [0.25, 0.3) is 5.91 Å². The fourth-order valence-corrected chi connectivity index (χ4v) is 5.19. The number of nitrogens with one attached hydrogen (secondary N) is 1. The number of nitrogens with zero attached hydrogens (tertiary/aromatic N) is 2. The summed E-state index contributed by atoms with van der Waals surface area (Å²) in [7, 11) is 1.64. The van der Waals surface area contributed by atoms with Crippen LogP contribution >= 0.6 is 11.3 Å². The third-order valence-electron chi connectivity index (χ3n) is 6.84. The molecule has 1 N–H and O–H groups in total. The van der Waals surface area contributed by atoms with Crippen molar-refractivity contribution in [1.29, 1.82) is 0 Å². The lowest BCUT2D eigenvalue weighted by Crippen LogP contribution is -2.15. The Hall–Kier alpha value is -4.03. The lowest BCUT2D eigenvalue weighted by Gasteiger charge is -2.14. The summed E-state index contributed by atoms with van der Waals surface area (Å²) in [4.78, 5) is 23.2. The maximum Gasteiger partial charge on any atom is 0.258 e. The molecule has 6 heteroatoms. The van der Waals surface area contributed by atoms with Gasteiger partial charge in [0, 0.05) is 21.9 Å². The number of methoxy groups -OCH3 is 1. The highest BCUT2D eigenvalue weighted by atomic mass is 32.1. The standard InChI is InChI=1S/C31H29N3O2S/c1-5-19(2)21-10-12-22(13-11-21)27-18-37-31(33-27)34-30(35)28-20(3)29(23-14-16-24(36-4)17-15-23)32-26-9-7-6-8-25(26)28/h6-19H,5H2,1-4H3,(H,33,34,35). The van der Waals surface area contributed by atoms with Crippen molar-refractivity contribution in [3.05, 3.63) is 94.9 Å². The van der Waals surface area contributed by atoms with Crippen LogP contribution in [0.1, 0.15) is 47.7 Å². The number of carbonyl (C=O) groups excluding carboxylic acids is 1. The molecule has 0 aliphatic rings. The third-order valence-corrected chi connectivity index (χ3v) is 7.60. The second-order valence-corrected chi connectivity index (χ2v) is 9.99. The first-order valence-corrected chi connectivity index (χ1v) is 13.3. The van der Waals surface area contributed by atoms with E-state index in [2.05, 4.69) is 43.4 Å². The van der Waals surface area contributed by atoms with Crippen LogP contribution in [0, 0.1) is 6.92 Å². The Morgan fingerprint density at radius 1 is 0.973 bits per heavy atom. The van der Waals surface area contributed by atoms with Crippen molar-refractivity contribution in [1.82, 2.24) is 9.97 Å². The summed E-state index contributed by atoms with van der Waals surface area (Å²) in [5, 5.41) is 6.40. The van der Waals surface area contributed by atoms with Gasteiger partial charge in [0.1, 0.15) is 5.75 Å². The Kier molecular flexibility index (Phi) is 7.01. The molecule has 1 atom stereocenters. The highest BCUT2D eigenvalue weighted by molar-refractivity contribution is 7.14. The molecule has 0 spiro atoms. The van der Waals surface area contributed by atoms with Crippen molar-refractivity contribution in [2.24, 2.45) is 0 Å². The largest absolute Gasteiger partial charge is 0.497 e. The zero-order valence-electron chi connectivity index (χ0n) is 21.4. The molecule has 5 rings (SSSR count). The molecule has 0 fully saturated rings. The molecule has 1 unspecified atom stereocenters. The molecule has 0 saturated carbocycles. The molecule has 0 aliphatic carbocycles. The van der Waals surface area contributed by atoms with E-state index < -0.39 is 0 Å². The Morgan fingerprint density at radius 2 is 1.68 bits per heavy atom. The highest BCUT2D eigenvalue weighted by Crippen LogP contribution is 2.32. The normalized spacial score (nSPS) is 11.9. The molecule has 5 nitrogen and oxygen atoms in total. The van der Waals surface area contributed by atoms with Crippen LogP contribution in [-0.4, -0.2) is 23.0 Å². The first kappa shape index (κ1) is 24.7. The number of hydrogen-bond acceptors (Lipinski definition) is 5. The molecule has 0 aliphatic heterocycles. The molecule has 2 aromatic heterocycles. The lowest BCUT2D eigenvalue weighted by atomic mass is 9.97. The predicted molar refractivity (Wildman–Crippen MR) is 153 cm³/mol. The number of hydrogen-bond donors (Lipinski definition) is 1. The van der Waals surface area contributed by atoms with Crippen LogP contribution in [0.4, 0.5) is 5.13 Å². The van der Waals surface area contributed by atoms with Gasteiger partial charge in [-0.05, 0) is 60.7 Å². The van der Waals surface area contributed by atoms with Gasteiger partial charge in [0.15, 0.2) is 5.13 Å². The number of para-hydroxylation sites is 1. The van der Waals surface area contributed by atoms with Gasteiger partial charge < -0.3 is 4.74 Å². The molecule has 5 aromatic rings. The number of ether oxygens (including phenoxy) is 1. The minimum atomic E-state index is -0.195. The first-order valence-electron chi connectivity index (χ1n) is 12.4. The van der Waals surface area contributed by atoms with Gasteiger partial charge in [0.05, 0.1) is 29.6 Å². The zero-order chi connectivity index (χ0) is 25.9. The van der Waals surface area contributed by atoms with Gasteiger partial charge in [0.2, 0.25) is 0 Å². The second-order valence-electron chi connectivity index (χ2n) is 9.13. The van der Waals surface area contributed by atoms with Crippen molar-refractivity contribution in [3.63, 3.8) is 0 Å². The van der Waals surface area contributed by atoms with Crippen molar-refractivity contribution in [2.45, 2.75) is 33.1 Å². The van der Waals surface area contributed by atoms with E-state index in [-0.39, 0.29) is 5.91 Å². The number of anilines is 1. The van der Waals surface area contributed by atoms with E-state index >= 15 is 0 Å². The molecule has 2 heterocycles. The Morgan fingerprint density at radius 3 is 2.38 bits per heavy atom. The number of amides is 1. The quantitative estimate of drug-likeness (QED) is 0.242. The second kappa shape index (κ2) is 10.5. The van der Waals surface area contributed by atoms with Gasteiger partial charge in [-0.15, -0.1) is 11.3 Å². The molecular weight excluding hydrogens is 478 g/mol. The summed E-state index contributed by atoms with van der Waals surface area (Å²) in [5.41, 5.74) is 7.10. The summed E-state index contributed by atoms with van der Waals surface area (Å²) >= 11 is 1.43. The molecule has 186 valence electrons. The van der Waals surface area contributed by atoms with Gasteiger partial charge in [-0.1, -0.05) is 56.3 Å².